The van der Waals surface area contributed by atoms with Crippen molar-refractivity contribution >= 4 is 13.7 Å². The van der Waals surface area contributed by atoms with Gasteiger partial charge in [-0.15, -0.1) is 0 Å². The average Bonchev–Trinajstić information content (AvgIpc) is 3.25. The van der Waals surface area contributed by atoms with E-state index >= 15 is 0 Å². The number of hydrogen-bond acceptors (Lipinski definition) is 6. The molecule has 0 aromatic carbocycles. The minimum absolute atomic E-state index is 0.0118. The van der Waals surface area contributed by atoms with Crippen molar-refractivity contribution in [1.82, 2.24) is 5.32 Å². The molecule has 0 bridgehead atoms. The van der Waals surface area contributed by atoms with Crippen molar-refractivity contribution in [3.63, 3.8) is 0 Å². The summed E-state index contributed by atoms with van der Waals surface area (Å²) < 4.78 is 23.2. The number of aliphatic hydroxyl groups is 1. The van der Waals surface area contributed by atoms with Crippen LogP contribution >= 0.6 is 7.82 Å². The van der Waals surface area contributed by atoms with Crippen LogP contribution in [0, 0.1) is 0 Å². The van der Waals surface area contributed by atoms with Gasteiger partial charge in [0.15, 0.2) is 0 Å². The lowest BCUT2D eigenvalue weighted by Crippen LogP contribution is -2.45. The maximum atomic E-state index is 12.9. The molecule has 0 aliphatic carbocycles. The van der Waals surface area contributed by atoms with E-state index in [0.717, 1.165) is 77.0 Å². The van der Waals surface area contributed by atoms with Crippen molar-refractivity contribution in [3.05, 3.63) is 85.1 Å². The normalized spacial score (nSPS) is 14.8. The van der Waals surface area contributed by atoms with E-state index in [9.17, 15) is 19.4 Å². The van der Waals surface area contributed by atoms with Crippen molar-refractivity contribution in [1.29, 1.82) is 0 Å². The summed E-state index contributed by atoms with van der Waals surface area (Å²) >= 11 is 0. The molecule has 2 N–H and O–H groups in total. The molecule has 0 aliphatic rings. The summed E-state index contributed by atoms with van der Waals surface area (Å²) in [6, 6.07) is -0.912. The number of nitrogens with zero attached hydrogens (tertiary/aromatic N) is 1. The first kappa shape index (κ1) is 61.7. The van der Waals surface area contributed by atoms with Gasteiger partial charge in [0.05, 0.1) is 39.9 Å². The molecule has 64 heavy (non-hydrogen) atoms. The SMILES string of the molecule is CC/C=C\C/C=C\C/C=C\C/C=C\CCCCCCCCCCCCCCCCCCC(=O)NC(COP(=O)([O-])OCC[N+](C)(C)C)C(O)/C=C/CC/C=C/CC/C=C/CCCCC. The van der Waals surface area contributed by atoms with Crippen LogP contribution < -0.4 is 10.2 Å². The Balaban J connectivity index is 4.17. The number of phosphoric ester groups is 1. The molecule has 3 unspecified atom stereocenters. The molecule has 0 saturated heterocycles. The molecule has 0 fully saturated rings. The van der Waals surface area contributed by atoms with Gasteiger partial charge in [-0.25, -0.2) is 0 Å². The highest BCUT2D eigenvalue weighted by Gasteiger charge is 2.23. The number of phosphoric acid groups is 1. The lowest BCUT2D eigenvalue weighted by Gasteiger charge is -2.29. The molecule has 0 aromatic heterocycles. The molecule has 0 heterocycles. The van der Waals surface area contributed by atoms with Crippen LogP contribution in [-0.2, 0) is 18.4 Å². The number of allylic oxidation sites excluding steroid dienone is 13. The number of unbranched alkanes of at least 4 members (excludes halogenated alkanes) is 21. The first-order valence-electron chi connectivity index (χ1n) is 25.9. The zero-order chi connectivity index (χ0) is 47.1. The Labute approximate surface area is 395 Å². The summed E-state index contributed by atoms with van der Waals surface area (Å²) in [5.41, 5.74) is 0. The molecule has 1 amide bonds. The quantitative estimate of drug-likeness (QED) is 0.0273. The third-order valence-corrected chi connectivity index (χ3v) is 12.0. The molecule has 8 nitrogen and oxygen atoms in total. The predicted octanol–water partition coefficient (Wildman–Crippen LogP) is 14.7. The minimum Gasteiger partial charge on any atom is -0.756 e. The fourth-order valence-electron chi connectivity index (χ4n) is 7.00. The van der Waals surface area contributed by atoms with Crippen molar-refractivity contribution in [3.8, 4) is 0 Å². The van der Waals surface area contributed by atoms with E-state index in [0.29, 0.717) is 17.4 Å². The second-order valence-corrected chi connectivity index (χ2v) is 19.9. The zero-order valence-corrected chi connectivity index (χ0v) is 42.8. The second kappa shape index (κ2) is 45.8. The Bertz CT molecular complexity index is 1310. The van der Waals surface area contributed by atoms with E-state index in [4.69, 9.17) is 9.05 Å². The molecule has 0 aliphatic heterocycles. The second-order valence-electron chi connectivity index (χ2n) is 18.5. The Morgan fingerprint density at radius 2 is 0.969 bits per heavy atom. The number of likely N-dealkylation sites (N-methyl/N-ethyl adjacent to an activating group) is 1. The van der Waals surface area contributed by atoms with Crippen LogP contribution in [0.4, 0.5) is 0 Å². The van der Waals surface area contributed by atoms with Gasteiger partial charge >= 0.3 is 0 Å². The summed E-state index contributed by atoms with van der Waals surface area (Å²) in [4.78, 5) is 25.4. The summed E-state index contributed by atoms with van der Waals surface area (Å²) in [5.74, 6) is -0.215. The van der Waals surface area contributed by atoms with E-state index in [2.05, 4.69) is 92.1 Å². The Kier molecular flexibility index (Phi) is 44.2. The fraction of sp³-hybridized carbons (Fsp3) is 0.727. The largest absolute Gasteiger partial charge is 0.756 e. The summed E-state index contributed by atoms with van der Waals surface area (Å²) in [6.45, 7) is 4.46. The molecular formula is C55H99N2O6P. The van der Waals surface area contributed by atoms with Crippen LogP contribution in [0.1, 0.15) is 206 Å². The van der Waals surface area contributed by atoms with Crippen LogP contribution in [0.25, 0.3) is 0 Å². The van der Waals surface area contributed by atoms with Gasteiger partial charge in [0.1, 0.15) is 13.2 Å². The van der Waals surface area contributed by atoms with Gasteiger partial charge in [-0.1, -0.05) is 202 Å². The third kappa shape index (κ3) is 47.6. The Morgan fingerprint density at radius 3 is 1.45 bits per heavy atom. The third-order valence-electron chi connectivity index (χ3n) is 11.1. The molecule has 0 radical (unpaired) electrons. The molecule has 370 valence electrons. The summed E-state index contributed by atoms with van der Waals surface area (Å²) in [5, 5.41) is 13.8. The van der Waals surface area contributed by atoms with Gasteiger partial charge in [-0.3, -0.25) is 9.36 Å². The lowest BCUT2D eigenvalue weighted by molar-refractivity contribution is -0.870. The highest BCUT2D eigenvalue weighted by molar-refractivity contribution is 7.45. The molecule has 0 saturated carbocycles. The minimum atomic E-state index is -4.60. The topological polar surface area (TPSA) is 108 Å². The van der Waals surface area contributed by atoms with E-state index in [-0.39, 0.29) is 12.5 Å². The Hall–Kier alpha value is -2.32. The monoisotopic (exact) mass is 915 g/mol. The Morgan fingerprint density at radius 1 is 0.562 bits per heavy atom. The number of rotatable bonds is 46. The van der Waals surface area contributed by atoms with Crippen molar-refractivity contribution < 1.29 is 32.9 Å². The van der Waals surface area contributed by atoms with Crippen LogP contribution in [-0.4, -0.2) is 68.5 Å². The fourth-order valence-corrected chi connectivity index (χ4v) is 7.72. The first-order valence-corrected chi connectivity index (χ1v) is 27.4. The van der Waals surface area contributed by atoms with Crippen LogP contribution in [0.2, 0.25) is 0 Å². The number of quaternary nitrogens is 1. The molecule has 0 spiro atoms. The highest BCUT2D eigenvalue weighted by atomic mass is 31.2. The number of carbonyl (C=O) groups excluding carboxylic acids is 1. The van der Waals surface area contributed by atoms with E-state index in [1.807, 2.05) is 27.2 Å². The van der Waals surface area contributed by atoms with Crippen molar-refractivity contribution in [2.45, 2.75) is 219 Å². The molecule has 3 atom stereocenters. The lowest BCUT2D eigenvalue weighted by atomic mass is 10.0. The van der Waals surface area contributed by atoms with Crippen molar-refractivity contribution in [2.24, 2.45) is 0 Å². The van der Waals surface area contributed by atoms with Gasteiger partial charge in [-0.2, -0.15) is 0 Å². The average molecular weight is 915 g/mol. The van der Waals surface area contributed by atoms with Gasteiger partial charge in [0.25, 0.3) is 7.82 Å². The summed E-state index contributed by atoms with van der Waals surface area (Å²) in [6.07, 6.45) is 63.7. The predicted molar refractivity (Wildman–Crippen MR) is 274 cm³/mol. The number of carbonyl (C=O) groups is 1. The highest BCUT2D eigenvalue weighted by Crippen LogP contribution is 2.38. The van der Waals surface area contributed by atoms with E-state index in [1.54, 1.807) is 6.08 Å². The molecule has 0 aromatic rings. The van der Waals surface area contributed by atoms with Gasteiger partial charge in [-0.05, 0) is 83.5 Å². The molecule has 0 rings (SSSR count). The number of hydrogen-bond donors (Lipinski definition) is 2. The number of amides is 1. The number of nitrogens with one attached hydrogen (secondary N) is 1. The van der Waals surface area contributed by atoms with E-state index < -0.39 is 26.6 Å². The zero-order valence-electron chi connectivity index (χ0n) is 42.0. The first-order chi connectivity index (χ1) is 31.0. The molecule has 9 heteroatoms. The van der Waals surface area contributed by atoms with Gasteiger partial charge in [0.2, 0.25) is 5.91 Å². The summed E-state index contributed by atoms with van der Waals surface area (Å²) in [7, 11) is 1.23. The van der Waals surface area contributed by atoms with Gasteiger partial charge in [0, 0.05) is 6.42 Å². The van der Waals surface area contributed by atoms with E-state index in [1.165, 1.54) is 109 Å². The maximum Gasteiger partial charge on any atom is 0.268 e. The molecular weight excluding hydrogens is 816 g/mol. The maximum absolute atomic E-state index is 12.9. The van der Waals surface area contributed by atoms with Crippen LogP contribution in [0.5, 0.6) is 0 Å². The van der Waals surface area contributed by atoms with Crippen molar-refractivity contribution in [2.75, 3.05) is 40.9 Å². The standard InChI is InChI=1S/C55H99N2O6P/c1-6-8-10-12-14-16-18-20-21-22-23-24-25-26-27-28-29-30-31-32-33-34-35-37-39-41-43-45-47-49-55(59)56-53(52-63-64(60,61)62-51-50-57(3,4)5)54(58)48-46-44-42-40-38-36-19-17-15-13-11-9-7-2/h8,10,14-17,20-21,23-24,38,40,46,48,53-54,58H,6-7,9,11-13,18-19,22,25-37,39,41-45,47,49-52H2,1-5H3,(H-,56,59,60,61)/b10-8-,16-14-,17-15+,21-20-,24-23-,40-38+,48-46+. The number of aliphatic hydroxyl groups excluding tert-OH is 1. The van der Waals surface area contributed by atoms with Crippen LogP contribution in [0.3, 0.4) is 0 Å². The van der Waals surface area contributed by atoms with Gasteiger partial charge < -0.3 is 28.8 Å². The van der Waals surface area contributed by atoms with Crippen LogP contribution in [0.15, 0.2) is 85.1 Å². The smallest absolute Gasteiger partial charge is 0.268 e.